The molecule has 11 heteroatoms. The summed E-state index contributed by atoms with van der Waals surface area (Å²) in [5.74, 6) is 2.16. The molecule has 10 nitrogen and oxygen atoms in total. The van der Waals surface area contributed by atoms with Gasteiger partial charge in [0.15, 0.2) is 5.82 Å². The fourth-order valence-corrected chi connectivity index (χ4v) is 7.58. The standard InChI is InChI=1S/C26H39N7O3S/c1-6-37(34,35)33-19-8-7-9-20(33)14-21(13-19)32(5)25-27-22(18-10-11-36-26(3,4)16-18)15-23(29-25)28-24-12-17(2)30-31-24/h12,15-16,19-21H,6-11,13-14H2,1-5H3,(H2,27,28,29,30,31)/t19-,20+,21?. The Kier molecular flexibility index (Phi) is 7.06. The molecule has 2 aromatic heterocycles. The van der Waals surface area contributed by atoms with Gasteiger partial charge in [0.05, 0.1) is 23.7 Å². The number of rotatable bonds is 7. The van der Waals surface area contributed by atoms with Crippen LogP contribution in [0.5, 0.6) is 0 Å². The minimum atomic E-state index is -3.22. The van der Waals surface area contributed by atoms with Gasteiger partial charge < -0.3 is 15.0 Å². The summed E-state index contributed by atoms with van der Waals surface area (Å²) >= 11 is 0. The number of anilines is 3. The summed E-state index contributed by atoms with van der Waals surface area (Å²) in [4.78, 5) is 12.0. The molecular formula is C26H39N7O3S. The summed E-state index contributed by atoms with van der Waals surface area (Å²) in [5.41, 5.74) is 2.61. The van der Waals surface area contributed by atoms with Crippen molar-refractivity contribution in [1.82, 2.24) is 24.5 Å². The van der Waals surface area contributed by atoms with Crippen molar-refractivity contribution in [2.24, 2.45) is 0 Å². The van der Waals surface area contributed by atoms with Crippen LogP contribution in [0.3, 0.4) is 0 Å². The zero-order chi connectivity index (χ0) is 26.4. The number of sulfonamides is 1. The second kappa shape index (κ2) is 9.99. The maximum absolute atomic E-state index is 12.9. The number of hydrogen-bond donors (Lipinski definition) is 2. The molecule has 2 bridgehead atoms. The molecular weight excluding hydrogens is 490 g/mol. The predicted molar refractivity (Wildman–Crippen MR) is 145 cm³/mol. The Hall–Kier alpha value is -2.50. The first-order valence-electron chi connectivity index (χ1n) is 13.3. The van der Waals surface area contributed by atoms with Gasteiger partial charge in [-0.2, -0.15) is 14.4 Å². The van der Waals surface area contributed by atoms with Crippen molar-refractivity contribution >= 4 is 33.2 Å². The molecule has 0 amide bonds. The van der Waals surface area contributed by atoms with Crippen molar-refractivity contribution in [1.29, 1.82) is 0 Å². The van der Waals surface area contributed by atoms with Crippen LogP contribution >= 0.6 is 0 Å². The Balaban J connectivity index is 1.47. The quantitative estimate of drug-likeness (QED) is 0.553. The topological polar surface area (TPSA) is 116 Å². The fourth-order valence-electron chi connectivity index (χ4n) is 5.99. The highest BCUT2D eigenvalue weighted by molar-refractivity contribution is 7.89. The smallest absolute Gasteiger partial charge is 0.227 e. The van der Waals surface area contributed by atoms with Gasteiger partial charge in [0.2, 0.25) is 16.0 Å². The van der Waals surface area contributed by atoms with Crippen LogP contribution in [-0.4, -0.2) is 76.0 Å². The molecule has 0 aromatic carbocycles. The molecule has 5 rings (SSSR count). The molecule has 2 fully saturated rings. The number of hydrogen-bond acceptors (Lipinski definition) is 8. The third-order valence-corrected chi connectivity index (χ3v) is 9.77. The molecule has 0 aliphatic carbocycles. The average molecular weight is 530 g/mol. The molecule has 0 saturated carbocycles. The monoisotopic (exact) mass is 529 g/mol. The number of fused-ring (bicyclic) bond motifs is 2. The predicted octanol–water partition coefficient (Wildman–Crippen LogP) is 4.01. The Bertz CT molecular complexity index is 1260. The Morgan fingerprint density at radius 2 is 1.92 bits per heavy atom. The molecule has 0 radical (unpaired) electrons. The molecule has 3 aliphatic heterocycles. The van der Waals surface area contributed by atoms with Gasteiger partial charge in [-0.05, 0) is 71.4 Å². The first-order valence-corrected chi connectivity index (χ1v) is 14.9. The molecule has 3 atom stereocenters. The van der Waals surface area contributed by atoms with Crippen molar-refractivity contribution < 1.29 is 13.2 Å². The van der Waals surface area contributed by atoms with Crippen molar-refractivity contribution in [2.75, 3.05) is 29.6 Å². The van der Waals surface area contributed by atoms with Crippen molar-refractivity contribution in [3.63, 3.8) is 0 Å². The summed E-state index contributed by atoms with van der Waals surface area (Å²) in [7, 11) is -1.19. The average Bonchev–Trinajstić information content (AvgIpc) is 3.26. The number of aromatic amines is 1. The van der Waals surface area contributed by atoms with Gasteiger partial charge in [-0.1, -0.05) is 6.42 Å². The second-order valence-corrected chi connectivity index (χ2v) is 13.2. The lowest BCUT2D eigenvalue weighted by Crippen LogP contribution is -2.58. The first kappa shape index (κ1) is 26.1. The Labute approximate surface area is 219 Å². The van der Waals surface area contributed by atoms with Crippen LogP contribution in [0.2, 0.25) is 0 Å². The highest BCUT2D eigenvalue weighted by Gasteiger charge is 2.45. The van der Waals surface area contributed by atoms with E-state index in [1.165, 1.54) is 0 Å². The van der Waals surface area contributed by atoms with Gasteiger partial charge in [0.1, 0.15) is 5.82 Å². The lowest BCUT2D eigenvalue weighted by Gasteiger charge is -2.49. The molecule has 202 valence electrons. The minimum absolute atomic E-state index is 0.0386. The van der Waals surface area contributed by atoms with E-state index < -0.39 is 10.0 Å². The lowest BCUT2D eigenvalue weighted by atomic mass is 9.83. The van der Waals surface area contributed by atoms with E-state index in [4.69, 9.17) is 14.7 Å². The molecule has 2 aromatic rings. The van der Waals surface area contributed by atoms with Gasteiger partial charge >= 0.3 is 0 Å². The summed E-state index contributed by atoms with van der Waals surface area (Å²) in [6.07, 6.45) is 7.39. The van der Waals surface area contributed by atoms with E-state index in [0.717, 1.165) is 55.5 Å². The van der Waals surface area contributed by atoms with Crippen molar-refractivity contribution in [3.05, 3.63) is 29.6 Å². The van der Waals surface area contributed by atoms with Crippen LogP contribution in [-0.2, 0) is 14.8 Å². The minimum Gasteiger partial charge on any atom is -0.371 e. The van der Waals surface area contributed by atoms with Crippen LogP contribution in [0.1, 0.15) is 70.7 Å². The van der Waals surface area contributed by atoms with Crippen LogP contribution < -0.4 is 10.2 Å². The normalized spacial score (nSPS) is 26.0. The van der Waals surface area contributed by atoms with Crippen LogP contribution in [0.25, 0.3) is 5.57 Å². The maximum Gasteiger partial charge on any atom is 0.227 e. The van der Waals surface area contributed by atoms with Crippen LogP contribution in [0, 0.1) is 6.92 Å². The zero-order valence-corrected chi connectivity index (χ0v) is 23.3. The number of aromatic nitrogens is 4. The number of nitrogens with one attached hydrogen (secondary N) is 2. The van der Waals surface area contributed by atoms with E-state index >= 15 is 0 Å². The third kappa shape index (κ3) is 5.53. The molecule has 3 aliphatic rings. The summed E-state index contributed by atoms with van der Waals surface area (Å²) in [5, 5.41) is 10.6. The molecule has 0 spiro atoms. The summed E-state index contributed by atoms with van der Waals surface area (Å²) in [6, 6.07) is 4.15. The van der Waals surface area contributed by atoms with Crippen molar-refractivity contribution in [2.45, 2.75) is 89.9 Å². The van der Waals surface area contributed by atoms with Gasteiger partial charge in [0, 0.05) is 43.0 Å². The van der Waals surface area contributed by atoms with Gasteiger partial charge in [-0.15, -0.1) is 0 Å². The van der Waals surface area contributed by atoms with Crippen LogP contribution in [0.15, 0.2) is 18.2 Å². The Morgan fingerprint density at radius 3 is 2.54 bits per heavy atom. The van der Waals surface area contributed by atoms with E-state index in [2.05, 4.69) is 40.3 Å². The molecule has 2 N–H and O–H groups in total. The van der Waals surface area contributed by atoms with E-state index in [1.54, 1.807) is 6.92 Å². The highest BCUT2D eigenvalue weighted by Crippen LogP contribution is 2.39. The number of nitrogens with zero attached hydrogens (tertiary/aromatic N) is 5. The fraction of sp³-hybridized carbons (Fsp3) is 0.654. The third-order valence-electron chi connectivity index (χ3n) is 7.80. The molecule has 5 heterocycles. The first-order chi connectivity index (χ1) is 17.5. The second-order valence-electron chi connectivity index (χ2n) is 11.1. The largest absolute Gasteiger partial charge is 0.371 e. The number of H-pyrrole nitrogens is 1. The molecule has 1 unspecified atom stereocenters. The number of aryl methyl sites for hydroxylation is 1. The lowest BCUT2D eigenvalue weighted by molar-refractivity contribution is 0.0164. The zero-order valence-electron chi connectivity index (χ0n) is 22.5. The number of ether oxygens (including phenoxy) is 1. The molecule has 2 saturated heterocycles. The SMILES string of the molecule is CCS(=O)(=O)N1[C@@H]2CCC[C@H]1CC(N(C)c1nc(Nc3cc(C)[nH]n3)cc(C3=CC(C)(C)OCC3)n1)C2. The Morgan fingerprint density at radius 1 is 1.19 bits per heavy atom. The number of piperidine rings is 2. The van der Waals surface area contributed by atoms with E-state index in [-0.39, 0.29) is 29.5 Å². The van der Waals surface area contributed by atoms with Crippen LogP contribution in [0.4, 0.5) is 17.6 Å². The van der Waals surface area contributed by atoms with E-state index in [9.17, 15) is 8.42 Å². The highest BCUT2D eigenvalue weighted by atomic mass is 32.2. The van der Waals surface area contributed by atoms with E-state index in [1.807, 2.05) is 30.4 Å². The summed E-state index contributed by atoms with van der Waals surface area (Å²) in [6.45, 7) is 8.46. The van der Waals surface area contributed by atoms with E-state index in [0.29, 0.717) is 24.2 Å². The van der Waals surface area contributed by atoms with Gasteiger partial charge in [0.25, 0.3) is 0 Å². The van der Waals surface area contributed by atoms with Crippen molar-refractivity contribution in [3.8, 4) is 0 Å². The maximum atomic E-state index is 12.9. The molecule has 37 heavy (non-hydrogen) atoms. The van der Waals surface area contributed by atoms with Gasteiger partial charge in [-0.25, -0.2) is 13.4 Å². The van der Waals surface area contributed by atoms with Gasteiger partial charge in [-0.3, -0.25) is 5.10 Å². The summed E-state index contributed by atoms with van der Waals surface area (Å²) < 4.78 is 33.4.